The van der Waals surface area contributed by atoms with E-state index in [1.807, 2.05) is 48.5 Å². The third-order valence-corrected chi connectivity index (χ3v) is 5.93. The fourth-order valence-corrected chi connectivity index (χ4v) is 3.95. The minimum atomic E-state index is -1.18. The summed E-state index contributed by atoms with van der Waals surface area (Å²) in [6.07, 6.45) is -0.675. The first kappa shape index (κ1) is 24.3. The van der Waals surface area contributed by atoms with Crippen molar-refractivity contribution in [3.8, 4) is 11.1 Å². The number of rotatable bonds is 9. The number of carbonyl (C=O) groups is 3. The van der Waals surface area contributed by atoms with E-state index in [1.165, 1.54) is 14.0 Å². The van der Waals surface area contributed by atoms with Crippen LogP contribution in [0.4, 0.5) is 4.79 Å². The second kappa shape index (κ2) is 10.0. The molecule has 176 valence electrons. The third kappa shape index (κ3) is 5.70. The standard InChI is InChI=1S/C25H30N2O6/c1-15(22(28)27-21(23(29)30)13-25(2,3)32-4)26-24(31)33-14-20-18-11-7-5-9-16(18)17-10-6-8-12-19(17)20/h5-12,15,20-21H,13-14H2,1-4H3,(H,26,31)(H,27,28)(H,29,30)/t15-,21?/m0/s1. The second-order valence-electron chi connectivity index (χ2n) is 8.76. The van der Waals surface area contributed by atoms with Crippen molar-refractivity contribution in [3.63, 3.8) is 0 Å². The Morgan fingerprint density at radius 3 is 2.06 bits per heavy atom. The number of ether oxygens (including phenoxy) is 2. The highest BCUT2D eigenvalue weighted by molar-refractivity contribution is 5.89. The molecular weight excluding hydrogens is 424 g/mol. The highest BCUT2D eigenvalue weighted by Gasteiger charge is 2.32. The Kier molecular flexibility index (Phi) is 7.38. The number of amides is 2. The fourth-order valence-electron chi connectivity index (χ4n) is 3.95. The molecule has 0 bridgehead atoms. The van der Waals surface area contributed by atoms with Crippen molar-refractivity contribution in [2.75, 3.05) is 13.7 Å². The summed E-state index contributed by atoms with van der Waals surface area (Å²) in [4.78, 5) is 36.4. The van der Waals surface area contributed by atoms with Gasteiger partial charge in [-0.05, 0) is 43.0 Å². The van der Waals surface area contributed by atoms with Crippen molar-refractivity contribution < 1.29 is 29.0 Å². The quantitative estimate of drug-likeness (QED) is 0.536. The number of carboxylic acid groups (broad SMARTS) is 1. The van der Waals surface area contributed by atoms with E-state index in [0.29, 0.717) is 0 Å². The molecule has 3 N–H and O–H groups in total. The number of carbonyl (C=O) groups excluding carboxylic acids is 2. The monoisotopic (exact) mass is 454 g/mol. The van der Waals surface area contributed by atoms with Crippen LogP contribution in [0.15, 0.2) is 48.5 Å². The van der Waals surface area contributed by atoms with Crippen LogP contribution in [0, 0.1) is 0 Å². The van der Waals surface area contributed by atoms with Gasteiger partial charge in [0, 0.05) is 19.4 Å². The first-order valence-electron chi connectivity index (χ1n) is 10.8. The molecule has 8 heteroatoms. The average Bonchev–Trinajstić information content (AvgIpc) is 3.10. The number of methoxy groups -OCH3 is 1. The van der Waals surface area contributed by atoms with Crippen molar-refractivity contribution in [1.29, 1.82) is 0 Å². The minimum Gasteiger partial charge on any atom is -0.480 e. The number of fused-ring (bicyclic) bond motifs is 3. The largest absolute Gasteiger partial charge is 0.480 e. The molecule has 0 saturated carbocycles. The predicted molar refractivity (Wildman–Crippen MR) is 123 cm³/mol. The van der Waals surface area contributed by atoms with E-state index in [0.717, 1.165) is 22.3 Å². The fraction of sp³-hybridized carbons (Fsp3) is 0.400. The number of carboxylic acids is 1. The van der Waals surface area contributed by atoms with Crippen LogP contribution in [-0.2, 0) is 19.1 Å². The molecule has 0 saturated heterocycles. The Hall–Kier alpha value is -3.39. The molecule has 0 radical (unpaired) electrons. The molecule has 33 heavy (non-hydrogen) atoms. The zero-order valence-electron chi connectivity index (χ0n) is 19.3. The van der Waals surface area contributed by atoms with Gasteiger partial charge in [-0.1, -0.05) is 48.5 Å². The van der Waals surface area contributed by atoms with Gasteiger partial charge in [0.1, 0.15) is 18.7 Å². The summed E-state index contributed by atoms with van der Waals surface area (Å²) in [6, 6.07) is 13.9. The summed E-state index contributed by atoms with van der Waals surface area (Å²) in [6.45, 7) is 5.05. The van der Waals surface area contributed by atoms with Crippen molar-refractivity contribution in [2.24, 2.45) is 0 Å². The summed E-state index contributed by atoms with van der Waals surface area (Å²) >= 11 is 0. The number of nitrogens with one attached hydrogen (secondary N) is 2. The highest BCUT2D eigenvalue weighted by Crippen LogP contribution is 2.44. The van der Waals surface area contributed by atoms with Crippen molar-refractivity contribution in [2.45, 2.75) is 50.8 Å². The maximum atomic E-state index is 12.5. The van der Waals surface area contributed by atoms with Crippen LogP contribution in [-0.4, -0.2) is 54.5 Å². The highest BCUT2D eigenvalue weighted by atomic mass is 16.5. The van der Waals surface area contributed by atoms with Crippen LogP contribution in [0.5, 0.6) is 0 Å². The number of hydrogen-bond donors (Lipinski definition) is 3. The number of hydrogen-bond acceptors (Lipinski definition) is 5. The SMILES string of the molecule is COC(C)(C)CC(NC(=O)[C@H](C)NC(=O)OCC1c2ccccc2-c2ccccc21)C(=O)O. The Morgan fingerprint density at radius 1 is 1.00 bits per heavy atom. The molecule has 0 aromatic heterocycles. The molecule has 2 aromatic rings. The average molecular weight is 455 g/mol. The van der Waals surface area contributed by atoms with E-state index < -0.39 is 35.7 Å². The molecule has 0 aliphatic heterocycles. The molecule has 0 spiro atoms. The maximum Gasteiger partial charge on any atom is 0.407 e. The van der Waals surface area contributed by atoms with E-state index in [1.54, 1.807) is 13.8 Å². The van der Waals surface area contributed by atoms with Gasteiger partial charge in [-0.3, -0.25) is 4.79 Å². The van der Waals surface area contributed by atoms with Gasteiger partial charge in [-0.15, -0.1) is 0 Å². The van der Waals surface area contributed by atoms with E-state index in [4.69, 9.17) is 9.47 Å². The third-order valence-electron chi connectivity index (χ3n) is 5.93. The first-order chi connectivity index (χ1) is 15.6. The smallest absolute Gasteiger partial charge is 0.407 e. The van der Waals surface area contributed by atoms with Crippen molar-refractivity contribution in [3.05, 3.63) is 59.7 Å². The Morgan fingerprint density at radius 2 is 1.55 bits per heavy atom. The summed E-state index contributed by atoms with van der Waals surface area (Å²) in [7, 11) is 1.47. The number of aliphatic carboxylic acids is 1. The van der Waals surface area contributed by atoms with E-state index >= 15 is 0 Å². The zero-order chi connectivity index (χ0) is 24.2. The topological polar surface area (TPSA) is 114 Å². The summed E-state index contributed by atoms with van der Waals surface area (Å²) in [5.74, 6) is -1.90. The molecule has 2 atom stereocenters. The normalized spacial score (nSPS) is 14.5. The Labute approximate surface area is 193 Å². The zero-order valence-corrected chi connectivity index (χ0v) is 19.3. The summed E-state index contributed by atoms with van der Waals surface area (Å²) in [5, 5.41) is 14.3. The first-order valence-corrected chi connectivity index (χ1v) is 10.8. The molecule has 1 unspecified atom stereocenters. The Balaban J connectivity index is 1.57. The summed E-state index contributed by atoms with van der Waals surface area (Å²) < 4.78 is 10.7. The van der Waals surface area contributed by atoms with Crippen LogP contribution >= 0.6 is 0 Å². The molecule has 0 heterocycles. The van der Waals surface area contributed by atoms with Crippen LogP contribution in [0.1, 0.15) is 44.2 Å². The molecule has 3 rings (SSSR count). The van der Waals surface area contributed by atoms with Gasteiger partial charge in [-0.2, -0.15) is 0 Å². The lowest BCUT2D eigenvalue weighted by Gasteiger charge is -2.27. The lowest BCUT2D eigenvalue weighted by Crippen LogP contribution is -2.52. The lowest BCUT2D eigenvalue weighted by atomic mass is 9.98. The molecule has 1 aliphatic rings. The maximum absolute atomic E-state index is 12.5. The van der Waals surface area contributed by atoms with Gasteiger partial charge in [0.15, 0.2) is 0 Å². The van der Waals surface area contributed by atoms with E-state index in [2.05, 4.69) is 10.6 Å². The van der Waals surface area contributed by atoms with Crippen LogP contribution in [0.2, 0.25) is 0 Å². The van der Waals surface area contributed by atoms with Crippen LogP contribution < -0.4 is 10.6 Å². The van der Waals surface area contributed by atoms with Gasteiger partial charge >= 0.3 is 12.1 Å². The van der Waals surface area contributed by atoms with Gasteiger partial charge in [0.05, 0.1) is 5.60 Å². The van der Waals surface area contributed by atoms with Crippen molar-refractivity contribution in [1.82, 2.24) is 10.6 Å². The van der Waals surface area contributed by atoms with Crippen LogP contribution in [0.25, 0.3) is 11.1 Å². The Bertz CT molecular complexity index is 990. The minimum absolute atomic E-state index is 0.0717. The van der Waals surface area contributed by atoms with E-state index in [-0.39, 0.29) is 18.9 Å². The molecule has 1 aliphatic carbocycles. The molecular formula is C25H30N2O6. The predicted octanol–water partition coefficient (Wildman–Crippen LogP) is 3.30. The van der Waals surface area contributed by atoms with E-state index in [9.17, 15) is 19.5 Å². The number of alkyl carbamates (subject to hydrolysis) is 1. The number of benzene rings is 2. The molecule has 2 aromatic carbocycles. The van der Waals surface area contributed by atoms with Gasteiger partial charge in [0.2, 0.25) is 5.91 Å². The van der Waals surface area contributed by atoms with Gasteiger partial charge in [0.25, 0.3) is 0 Å². The van der Waals surface area contributed by atoms with Gasteiger partial charge in [-0.25, -0.2) is 9.59 Å². The molecule has 0 fully saturated rings. The summed E-state index contributed by atoms with van der Waals surface area (Å²) in [5.41, 5.74) is 3.67. The molecule has 8 nitrogen and oxygen atoms in total. The van der Waals surface area contributed by atoms with Gasteiger partial charge < -0.3 is 25.2 Å². The molecule has 2 amide bonds. The van der Waals surface area contributed by atoms with Crippen molar-refractivity contribution >= 4 is 18.0 Å². The lowest BCUT2D eigenvalue weighted by molar-refractivity contribution is -0.144. The van der Waals surface area contributed by atoms with Crippen LogP contribution in [0.3, 0.4) is 0 Å². The second-order valence-corrected chi connectivity index (χ2v) is 8.76.